The summed E-state index contributed by atoms with van der Waals surface area (Å²) in [5.74, 6) is 0. The van der Waals surface area contributed by atoms with Gasteiger partial charge in [0.05, 0.1) is 0 Å². The maximum Gasteiger partial charge on any atom is 0.0462 e. The Hall–Kier alpha value is -16.0. The molecule has 0 saturated heterocycles. The Balaban J connectivity index is 0.959. The second kappa shape index (κ2) is 34.6. The van der Waals surface area contributed by atoms with E-state index in [1.807, 2.05) is 0 Å². The Morgan fingerprint density at radius 2 is 0.150 bits per heavy atom. The molecule has 0 aromatic heterocycles. The normalized spacial score (nSPS) is 11.0. The van der Waals surface area contributed by atoms with Crippen molar-refractivity contribution in [2.45, 2.75) is 0 Å². The second-order valence-electron chi connectivity index (χ2n) is 29.6. The van der Waals surface area contributed by atoms with E-state index >= 15 is 0 Å². The first-order valence-corrected chi connectivity index (χ1v) is 40.9. The Labute approximate surface area is 703 Å². The second-order valence-corrected chi connectivity index (χ2v) is 29.6. The van der Waals surface area contributed by atoms with Gasteiger partial charge in [0.15, 0.2) is 0 Å². The van der Waals surface area contributed by atoms with Gasteiger partial charge in [-0.05, 0) is 285 Å². The number of benzene rings is 19. The van der Waals surface area contributed by atoms with Crippen molar-refractivity contribution in [3.63, 3.8) is 0 Å². The average molecular weight is 1540 g/mol. The zero-order valence-corrected chi connectivity index (χ0v) is 66.2. The van der Waals surface area contributed by atoms with Crippen LogP contribution in [0.25, 0.3) is 66.8 Å². The van der Waals surface area contributed by atoms with Crippen LogP contribution in [0.15, 0.2) is 510 Å². The molecule has 0 atom stereocenters. The summed E-state index contributed by atoms with van der Waals surface area (Å²) in [5, 5.41) is 0. The topological polar surface area (TPSA) is 19.4 Å². The molecule has 6 nitrogen and oxygen atoms in total. The van der Waals surface area contributed by atoms with E-state index < -0.39 is 0 Å². The lowest BCUT2D eigenvalue weighted by atomic mass is 9.74. The minimum atomic E-state index is 1.02. The van der Waals surface area contributed by atoms with Crippen LogP contribution >= 0.6 is 0 Å². The summed E-state index contributed by atoms with van der Waals surface area (Å²) in [5.41, 5.74) is 31.2. The lowest BCUT2D eigenvalue weighted by molar-refractivity contribution is 1.28. The molecule has 0 bridgehead atoms. The van der Waals surface area contributed by atoms with Crippen molar-refractivity contribution in [2.75, 3.05) is 29.4 Å². The van der Waals surface area contributed by atoms with Gasteiger partial charge in [-0.25, -0.2) is 0 Å². The van der Waals surface area contributed by atoms with E-state index in [-0.39, 0.29) is 0 Å². The number of nitrogens with zero attached hydrogens (tertiary/aromatic N) is 6. The molecule has 0 N–H and O–H groups in total. The molecule has 0 aliphatic carbocycles. The van der Waals surface area contributed by atoms with Crippen LogP contribution in [0.2, 0.25) is 0 Å². The van der Waals surface area contributed by atoms with E-state index in [4.69, 9.17) is 0 Å². The molecular weight excluding hydrogens is 1450 g/mol. The third-order valence-electron chi connectivity index (χ3n) is 22.2. The van der Waals surface area contributed by atoms with Crippen LogP contribution in [0.4, 0.5) is 102 Å². The summed E-state index contributed by atoms with van der Waals surface area (Å²) in [7, 11) is 0. The molecule has 0 saturated carbocycles. The monoisotopic (exact) mass is 1540 g/mol. The zero-order chi connectivity index (χ0) is 80.2. The smallest absolute Gasteiger partial charge is 0.0462 e. The fourth-order valence-corrected chi connectivity index (χ4v) is 16.8. The first-order chi connectivity index (χ1) is 59.6. The van der Waals surface area contributed by atoms with E-state index in [2.05, 4.69) is 539 Å². The van der Waals surface area contributed by atoms with Gasteiger partial charge in [-0.2, -0.15) is 0 Å². The summed E-state index contributed by atoms with van der Waals surface area (Å²) < 4.78 is 0. The van der Waals surface area contributed by atoms with Crippen LogP contribution in [0, 0.1) is 0 Å². The number of rotatable bonds is 24. The third kappa shape index (κ3) is 15.4. The van der Waals surface area contributed by atoms with Crippen LogP contribution in [0.5, 0.6) is 0 Å². The molecule has 19 aromatic carbocycles. The summed E-state index contributed by atoms with van der Waals surface area (Å²) in [6.45, 7) is 0. The van der Waals surface area contributed by atoms with Crippen LogP contribution < -0.4 is 29.4 Å². The van der Waals surface area contributed by atoms with E-state index in [1.165, 1.54) is 0 Å². The molecule has 0 radical (unpaired) electrons. The summed E-state index contributed by atoms with van der Waals surface area (Å²) in [6, 6.07) is 185. The first-order valence-electron chi connectivity index (χ1n) is 40.9. The molecule has 0 fully saturated rings. The Morgan fingerprint density at radius 3 is 0.233 bits per heavy atom. The van der Waals surface area contributed by atoms with E-state index in [1.54, 1.807) is 0 Å². The molecule has 0 unspecified atom stereocenters. The Bertz CT molecular complexity index is 5220. The van der Waals surface area contributed by atoms with Crippen LogP contribution in [-0.2, 0) is 0 Å². The minimum absolute atomic E-state index is 1.02. The average Bonchev–Trinajstić information content (AvgIpc) is 0.710. The summed E-state index contributed by atoms with van der Waals surface area (Å²) in [4.78, 5) is 14.1. The quantitative estimate of drug-likeness (QED) is 0.0596. The van der Waals surface area contributed by atoms with Crippen LogP contribution in [0.1, 0.15) is 0 Å². The van der Waals surface area contributed by atoms with Gasteiger partial charge in [-0.1, -0.05) is 291 Å². The molecule has 0 aliphatic rings. The standard InChI is InChI=1S/C114H84N6/c1-13-37-91(38-14-1)115(92-39-15-2-16-40-92)103-73-61-85(62-74-103)109-110(86-63-75-104(76-64-86)116(93-41-17-3-18-42-93)94-43-19-4-20-44-94)112(88-67-79-106(80-68-88)118(97-49-25-7-26-50-97)98-51-27-8-28-52-98)114(90-71-83-108(84-72-90)120(101-57-33-11-34-58-101)102-59-35-12-36-60-102)113(89-69-81-107(82-70-89)119(99-53-29-9-30-54-99)100-55-31-10-32-56-100)111(109)87-65-77-105(78-66-87)117(95-45-21-5-22-46-95)96-47-23-6-24-48-96/h1-84H. The minimum Gasteiger partial charge on any atom is -0.311 e. The van der Waals surface area contributed by atoms with Crippen molar-refractivity contribution in [1.29, 1.82) is 0 Å². The molecule has 19 rings (SSSR count). The van der Waals surface area contributed by atoms with Crippen molar-refractivity contribution in [2.24, 2.45) is 0 Å². The van der Waals surface area contributed by atoms with Crippen molar-refractivity contribution < 1.29 is 0 Å². The predicted molar refractivity (Wildman–Crippen MR) is 507 cm³/mol. The highest BCUT2D eigenvalue weighted by Crippen LogP contribution is 2.58. The van der Waals surface area contributed by atoms with Crippen molar-refractivity contribution in [1.82, 2.24) is 0 Å². The van der Waals surface area contributed by atoms with Crippen LogP contribution in [0.3, 0.4) is 0 Å². The fraction of sp³-hybridized carbons (Fsp3) is 0. The van der Waals surface area contributed by atoms with Gasteiger partial charge < -0.3 is 29.4 Å². The molecule has 0 spiro atoms. The molecule has 0 heterocycles. The number of hydrogen-bond donors (Lipinski definition) is 0. The predicted octanol–water partition coefficient (Wildman–Crippen LogP) is 32.5. The summed E-state index contributed by atoms with van der Waals surface area (Å²) >= 11 is 0. The zero-order valence-electron chi connectivity index (χ0n) is 66.2. The van der Waals surface area contributed by atoms with E-state index in [0.717, 1.165) is 169 Å². The van der Waals surface area contributed by atoms with Crippen molar-refractivity contribution in [3.8, 4) is 66.8 Å². The third-order valence-corrected chi connectivity index (χ3v) is 22.2. The van der Waals surface area contributed by atoms with Gasteiger partial charge in [-0.3, -0.25) is 0 Å². The first kappa shape index (κ1) is 74.1. The highest BCUT2D eigenvalue weighted by molar-refractivity contribution is 6.16. The molecule has 19 aromatic rings. The number of anilines is 18. The molecule has 120 heavy (non-hydrogen) atoms. The number of para-hydroxylation sites is 12. The lowest BCUT2D eigenvalue weighted by Gasteiger charge is -2.31. The van der Waals surface area contributed by atoms with Crippen molar-refractivity contribution >= 4 is 102 Å². The van der Waals surface area contributed by atoms with E-state index in [0.29, 0.717) is 0 Å². The van der Waals surface area contributed by atoms with Gasteiger partial charge in [0.1, 0.15) is 0 Å². The van der Waals surface area contributed by atoms with Crippen molar-refractivity contribution in [3.05, 3.63) is 510 Å². The molecular formula is C114H84N6. The molecule has 570 valence electrons. The van der Waals surface area contributed by atoms with Gasteiger partial charge in [-0.15, -0.1) is 0 Å². The Morgan fingerprint density at radius 1 is 0.0750 bits per heavy atom. The number of hydrogen-bond acceptors (Lipinski definition) is 6. The van der Waals surface area contributed by atoms with Gasteiger partial charge in [0, 0.05) is 102 Å². The molecule has 0 aliphatic heterocycles. The fourth-order valence-electron chi connectivity index (χ4n) is 16.8. The van der Waals surface area contributed by atoms with Crippen LogP contribution in [-0.4, -0.2) is 0 Å². The Kier molecular flexibility index (Phi) is 21.4. The summed E-state index contributed by atoms with van der Waals surface area (Å²) in [6.07, 6.45) is 0. The highest BCUT2D eigenvalue weighted by Gasteiger charge is 2.32. The maximum absolute atomic E-state index is 2.36. The lowest BCUT2D eigenvalue weighted by Crippen LogP contribution is -2.10. The largest absolute Gasteiger partial charge is 0.311 e. The molecule has 6 heteroatoms. The highest BCUT2D eigenvalue weighted by atomic mass is 15.2. The maximum atomic E-state index is 2.36. The van der Waals surface area contributed by atoms with Gasteiger partial charge >= 0.3 is 0 Å². The van der Waals surface area contributed by atoms with E-state index in [9.17, 15) is 0 Å². The molecule has 0 amide bonds. The van der Waals surface area contributed by atoms with Gasteiger partial charge in [0.25, 0.3) is 0 Å². The van der Waals surface area contributed by atoms with Gasteiger partial charge in [0.2, 0.25) is 0 Å². The SMILES string of the molecule is c1ccc(N(c2ccccc2)c2ccc(-c3c(-c4ccc(N(c5ccccc5)c5ccccc5)cc4)c(-c4ccc(N(c5ccccc5)c5ccccc5)cc4)c(-c4ccc(N(c5ccccc5)c5ccccc5)cc4)c(-c4ccc(N(c5ccccc5)c5ccccc5)cc4)c3-c3ccc(N(c4ccccc4)c4ccccc4)cc3)cc2)cc1.